The highest BCUT2D eigenvalue weighted by Crippen LogP contribution is 2.28. The molecular formula is C19H21F3N6O. The first kappa shape index (κ1) is 19.4. The lowest BCUT2D eigenvalue weighted by atomic mass is 10.1. The summed E-state index contributed by atoms with van der Waals surface area (Å²) < 4.78 is 44.7. The summed E-state index contributed by atoms with van der Waals surface area (Å²) in [7, 11) is 1.89. The van der Waals surface area contributed by atoms with Crippen LogP contribution in [0.15, 0.2) is 30.6 Å². The molecule has 0 saturated carbocycles. The van der Waals surface area contributed by atoms with Crippen molar-refractivity contribution in [2.75, 3.05) is 30.4 Å². The molecule has 10 heteroatoms. The summed E-state index contributed by atoms with van der Waals surface area (Å²) in [5.41, 5.74) is 2.23. The molecule has 7 nitrogen and oxygen atoms in total. The number of nitrogens with zero attached hydrogens (tertiary/aromatic N) is 4. The van der Waals surface area contributed by atoms with E-state index in [0.29, 0.717) is 12.3 Å². The molecule has 154 valence electrons. The highest BCUT2D eigenvalue weighted by atomic mass is 19.4. The molecule has 1 fully saturated rings. The van der Waals surface area contributed by atoms with E-state index in [-0.39, 0.29) is 12.0 Å². The van der Waals surface area contributed by atoms with Crippen LogP contribution < -0.4 is 10.6 Å². The van der Waals surface area contributed by atoms with Crippen molar-refractivity contribution in [3.05, 3.63) is 30.6 Å². The number of aromatic nitrogens is 4. The molecule has 4 heterocycles. The Labute approximate surface area is 165 Å². The molecule has 0 spiro atoms. The van der Waals surface area contributed by atoms with Crippen molar-refractivity contribution < 1.29 is 17.9 Å². The molecule has 0 amide bonds. The van der Waals surface area contributed by atoms with Crippen LogP contribution in [-0.4, -0.2) is 51.5 Å². The fraction of sp³-hybridized carbons (Fsp3) is 0.421. The van der Waals surface area contributed by atoms with Gasteiger partial charge < -0.3 is 19.9 Å². The van der Waals surface area contributed by atoms with Crippen molar-refractivity contribution in [3.8, 4) is 11.4 Å². The molecule has 0 radical (unpaired) electrons. The predicted molar refractivity (Wildman–Crippen MR) is 104 cm³/mol. The van der Waals surface area contributed by atoms with E-state index in [9.17, 15) is 13.2 Å². The Balaban J connectivity index is 1.59. The molecule has 1 aliphatic rings. The number of fused-ring (bicyclic) bond motifs is 1. The van der Waals surface area contributed by atoms with Gasteiger partial charge in [-0.2, -0.15) is 13.2 Å². The summed E-state index contributed by atoms with van der Waals surface area (Å²) in [6.45, 7) is 0.271. The van der Waals surface area contributed by atoms with E-state index >= 15 is 0 Å². The minimum Gasteiger partial charge on any atom is -0.379 e. The largest absolute Gasteiger partial charge is 0.405 e. The maximum Gasteiger partial charge on any atom is 0.405 e. The van der Waals surface area contributed by atoms with Crippen LogP contribution >= 0.6 is 0 Å². The van der Waals surface area contributed by atoms with Crippen molar-refractivity contribution in [1.29, 1.82) is 0 Å². The van der Waals surface area contributed by atoms with Crippen LogP contribution in [0.2, 0.25) is 0 Å². The monoisotopic (exact) mass is 406 g/mol. The van der Waals surface area contributed by atoms with Gasteiger partial charge in [-0.15, -0.1) is 0 Å². The van der Waals surface area contributed by atoms with Crippen LogP contribution in [0.5, 0.6) is 0 Å². The molecule has 0 unspecified atom stereocenters. The second kappa shape index (κ2) is 7.86. The Morgan fingerprint density at radius 3 is 2.90 bits per heavy atom. The van der Waals surface area contributed by atoms with Crippen LogP contribution in [0, 0.1) is 0 Å². The lowest BCUT2D eigenvalue weighted by Gasteiger charge is -2.23. The van der Waals surface area contributed by atoms with Gasteiger partial charge in [0, 0.05) is 37.5 Å². The Bertz CT molecular complexity index is 997. The third-order valence-corrected chi connectivity index (χ3v) is 4.80. The van der Waals surface area contributed by atoms with Gasteiger partial charge in [-0.3, -0.25) is 0 Å². The summed E-state index contributed by atoms with van der Waals surface area (Å²) >= 11 is 0. The minimum absolute atomic E-state index is 0.0668. The predicted octanol–water partition coefficient (Wildman–Crippen LogP) is 3.60. The number of rotatable bonds is 5. The molecule has 0 aromatic carbocycles. The molecule has 3 aromatic rings. The quantitative estimate of drug-likeness (QED) is 0.674. The van der Waals surface area contributed by atoms with E-state index in [1.807, 2.05) is 23.7 Å². The third kappa shape index (κ3) is 4.58. The van der Waals surface area contributed by atoms with Gasteiger partial charge in [0.1, 0.15) is 12.4 Å². The maximum atomic E-state index is 12.4. The zero-order chi connectivity index (χ0) is 20.4. The smallest absolute Gasteiger partial charge is 0.379 e. The van der Waals surface area contributed by atoms with E-state index in [1.165, 1.54) is 6.20 Å². The third-order valence-electron chi connectivity index (χ3n) is 4.80. The van der Waals surface area contributed by atoms with Crippen LogP contribution in [-0.2, 0) is 11.8 Å². The summed E-state index contributed by atoms with van der Waals surface area (Å²) in [6, 6.07) is 5.76. The Hall–Kier alpha value is -2.88. The first-order valence-corrected chi connectivity index (χ1v) is 9.33. The Morgan fingerprint density at radius 1 is 1.28 bits per heavy atom. The molecule has 1 aliphatic heterocycles. The van der Waals surface area contributed by atoms with Crippen molar-refractivity contribution in [3.63, 3.8) is 0 Å². The Kier molecular flexibility index (Phi) is 5.27. The number of anilines is 2. The van der Waals surface area contributed by atoms with Crippen LogP contribution in [0.1, 0.15) is 12.8 Å². The van der Waals surface area contributed by atoms with Crippen molar-refractivity contribution >= 4 is 22.7 Å². The summed E-state index contributed by atoms with van der Waals surface area (Å²) in [5.74, 6) is 0.693. The zero-order valence-electron chi connectivity index (χ0n) is 15.8. The molecule has 1 saturated heterocycles. The molecular weight excluding hydrogens is 385 g/mol. The average Bonchev–Trinajstić information content (AvgIpc) is 3.03. The lowest BCUT2D eigenvalue weighted by Crippen LogP contribution is -2.30. The van der Waals surface area contributed by atoms with Gasteiger partial charge in [0.25, 0.3) is 0 Å². The fourth-order valence-electron chi connectivity index (χ4n) is 3.39. The fourth-order valence-corrected chi connectivity index (χ4v) is 3.39. The molecule has 1 atom stereocenters. The highest BCUT2D eigenvalue weighted by Gasteiger charge is 2.27. The number of hydrogen-bond donors (Lipinski definition) is 2. The van der Waals surface area contributed by atoms with E-state index in [1.54, 1.807) is 12.3 Å². The van der Waals surface area contributed by atoms with Gasteiger partial charge in [-0.25, -0.2) is 15.0 Å². The number of hydrogen-bond acceptors (Lipinski definition) is 6. The van der Waals surface area contributed by atoms with Crippen molar-refractivity contribution in [1.82, 2.24) is 19.5 Å². The molecule has 4 rings (SSSR count). The molecule has 3 aromatic heterocycles. The van der Waals surface area contributed by atoms with Gasteiger partial charge in [0.15, 0.2) is 0 Å². The number of aryl methyl sites for hydroxylation is 1. The van der Waals surface area contributed by atoms with E-state index < -0.39 is 12.7 Å². The van der Waals surface area contributed by atoms with Crippen LogP contribution in [0.3, 0.4) is 0 Å². The summed E-state index contributed by atoms with van der Waals surface area (Å²) in [5, 5.41) is 6.52. The molecule has 29 heavy (non-hydrogen) atoms. The second-order valence-corrected chi connectivity index (χ2v) is 7.01. The normalized spacial score (nSPS) is 17.4. The van der Waals surface area contributed by atoms with Gasteiger partial charge in [0.2, 0.25) is 5.95 Å². The number of nitrogens with one attached hydrogen (secondary N) is 2. The number of pyridine rings is 1. The van der Waals surface area contributed by atoms with E-state index in [0.717, 1.165) is 41.9 Å². The van der Waals surface area contributed by atoms with Crippen LogP contribution in [0.25, 0.3) is 22.3 Å². The van der Waals surface area contributed by atoms with Crippen molar-refractivity contribution in [2.24, 2.45) is 7.05 Å². The number of alkyl halides is 3. The van der Waals surface area contributed by atoms with E-state index in [4.69, 9.17) is 4.74 Å². The standard InChI is InChI=1S/C19H21F3N6O/c1-28-15-8-17(26-13-3-2-6-29-10-13)24-9-12(15)7-16(28)14-4-5-23-18(27-14)25-11-19(20,21)22/h4-5,7-9,13H,2-3,6,10-11H2,1H3,(H,24,26)(H,23,25,27)/t13-/m0/s1. The van der Waals surface area contributed by atoms with Crippen LogP contribution in [0.4, 0.5) is 24.9 Å². The maximum absolute atomic E-state index is 12.4. The van der Waals surface area contributed by atoms with Crippen molar-refractivity contribution in [2.45, 2.75) is 25.1 Å². The van der Waals surface area contributed by atoms with Gasteiger partial charge >= 0.3 is 6.18 Å². The topological polar surface area (TPSA) is 76.9 Å². The number of ether oxygens (including phenoxy) is 1. The first-order valence-electron chi connectivity index (χ1n) is 9.33. The Morgan fingerprint density at radius 2 is 2.14 bits per heavy atom. The molecule has 2 N–H and O–H groups in total. The summed E-state index contributed by atoms with van der Waals surface area (Å²) in [6.07, 6.45) is 0.929. The highest BCUT2D eigenvalue weighted by molar-refractivity contribution is 5.87. The van der Waals surface area contributed by atoms with Gasteiger partial charge in [-0.1, -0.05) is 0 Å². The molecule has 0 bridgehead atoms. The number of halogens is 3. The lowest BCUT2D eigenvalue weighted by molar-refractivity contribution is -0.115. The van der Waals surface area contributed by atoms with E-state index in [2.05, 4.69) is 25.6 Å². The average molecular weight is 406 g/mol. The zero-order valence-corrected chi connectivity index (χ0v) is 15.8. The summed E-state index contributed by atoms with van der Waals surface area (Å²) in [4.78, 5) is 12.6. The SMILES string of the molecule is Cn1c(-c2ccnc(NCC(F)(F)F)n2)cc2cnc(N[C@H]3CCCOC3)cc21. The van der Waals surface area contributed by atoms with Gasteiger partial charge in [-0.05, 0) is 25.0 Å². The minimum atomic E-state index is -4.34. The molecule has 0 aliphatic carbocycles. The first-order chi connectivity index (χ1) is 13.9. The van der Waals surface area contributed by atoms with Gasteiger partial charge in [0.05, 0.1) is 29.6 Å². The second-order valence-electron chi connectivity index (χ2n) is 7.01.